The van der Waals surface area contributed by atoms with Crippen LogP contribution in [0, 0.1) is 11.7 Å². The zero-order valence-corrected chi connectivity index (χ0v) is 15.5. The number of ketones is 2. The fourth-order valence-corrected chi connectivity index (χ4v) is 2.90. The third-order valence-electron chi connectivity index (χ3n) is 4.44. The summed E-state index contributed by atoms with van der Waals surface area (Å²) in [5.74, 6) is -2.45. The topological polar surface area (TPSA) is 66.4 Å². The third kappa shape index (κ3) is 4.10. The maximum Gasteiger partial charge on any atom is 0.233 e. The second-order valence-corrected chi connectivity index (χ2v) is 6.79. The number of hydrogen-bond acceptors (Lipinski definition) is 4. The van der Waals surface area contributed by atoms with Crippen molar-refractivity contribution in [1.29, 1.82) is 0 Å². The number of benzene rings is 1. The second kappa shape index (κ2) is 8.13. The maximum absolute atomic E-state index is 13.9. The molecule has 5 heteroatoms. The molecule has 1 aliphatic rings. The van der Waals surface area contributed by atoms with Crippen molar-refractivity contribution < 1.29 is 19.1 Å². The number of halogens is 1. The average molecular weight is 357 g/mol. The fourth-order valence-electron chi connectivity index (χ4n) is 2.90. The molecule has 0 fully saturated rings. The van der Waals surface area contributed by atoms with E-state index in [1.165, 1.54) is 24.6 Å². The fraction of sp³-hybridized carbons (Fsp3) is 0.333. The predicted molar refractivity (Wildman–Crippen MR) is 100 cm³/mol. The molecule has 1 aliphatic carbocycles. The number of allylic oxidation sites excluding steroid dienone is 4. The Balaban J connectivity index is 2.39. The molecule has 2 rings (SSSR count). The van der Waals surface area contributed by atoms with E-state index >= 15 is 0 Å². The number of Topliss-reactive ketones (excluding diaryl/α,β-unsaturated/α-hetero) is 2. The lowest BCUT2D eigenvalue weighted by molar-refractivity contribution is -0.132. The van der Waals surface area contributed by atoms with Crippen molar-refractivity contribution in [1.82, 2.24) is 0 Å². The smallest absolute Gasteiger partial charge is 0.233 e. The van der Waals surface area contributed by atoms with Crippen molar-refractivity contribution in [2.24, 2.45) is 5.92 Å². The van der Waals surface area contributed by atoms with Gasteiger partial charge in [-0.2, -0.15) is 0 Å². The Labute approximate surface area is 153 Å². The molecule has 0 aromatic heterocycles. The lowest BCUT2D eigenvalue weighted by atomic mass is 9.83. The summed E-state index contributed by atoms with van der Waals surface area (Å²) >= 11 is 0. The second-order valence-electron chi connectivity index (χ2n) is 6.79. The predicted octanol–water partition coefficient (Wildman–Crippen LogP) is 4.86. The molecule has 0 spiro atoms. The number of hydrogen-bond donors (Lipinski definition) is 2. The summed E-state index contributed by atoms with van der Waals surface area (Å²) < 4.78 is 13.9. The highest BCUT2D eigenvalue weighted by molar-refractivity contribution is 6.50. The molecule has 0 saturated carbocycles. The normalized spacial score (nSPS) is 16.0. The molecule has 1 unspecified atom stereocenters. The van der Waals surface area contributed by atoms with Gasteiger partial charge in [0.15, 0.2) is 0 Å². The van der Waals surface area contributed by atoms with Crippen LogP contribution in [0.3, 0.4) is 0 Å². The Morgan fingerprint density at radius 1 is 1.23 bits per heavy atom. The molecule has 138 valence electrons. The summed E-state index contributed by atoms with van der Waals surface area (Å²) in [4.78, 5) is 24.8. The van der Waals surface area contributed by atoms with Crippen LogP contribution in [-0.4, -0.2) is 16.7 Å². The van der Waals surface area contributed by atoms with Crippen LogP contribution in [0.4, 0.5) is 10.1 Å². The molecule has 0 aliphatic heterocycles. The minimum absolute atomic E-state index is 0.0796. The van der Waals surface area contributed by atoms with Crippen LogP contribution in [-0.2, 0) is 9.59 Å². The third-order valence-corrected chi connectivity index (χ3v) is 4.44. The Morgan fingerprint density at radius 3 is 2.50 bits per heavy atom. The first-order valence-corrected chi connectivity index (χ1v) is 8.62. The molecule has 1 aromatic rings. The standard InChI is InChI=1S/C21H24FNO3/c1-12(2)8-7-9-13(3)17-20(25)18(14(4)19(24)21(17)26)23-16-11-6-5-10-15(16)22/h5-6,8,10-11,13,23,25H,7,9H2,1-4H3. The van der Waals surface area contributed by atoms with Gasteiger partial charge in [-0.1, -0.05) is 30.7 Å². The number of carbonyl (C=O) groups is 2. The first-order valence-electron chi connectivity index (χ1n) is 8.62. The summed E-state index contributed by atoms with van der Waals surface area (Å²) in [5.41, 5.74) is 1.55. The molecular weight excluding hydrogens is 333 g/mol. The molecular formula is C21H24FNO3. The van der Waals surface area contributed by atoms with E-state index in [2.05, 4.69) is 5.32 Å². The average Bonchev–Trinajstić information content (AvgIpc) is 2.58. The van der Waals surface area contributed by atoms with Crippen molar-refractivity contribution in [2.75, 3.05) is 5.32 Å². The largest absolute Gasteiger partial charge is 0.505 e. The molecule has 26 heavy (non-hydrogen) atoms. The Kier molecular flexibility index (Phi) is 6.14. The van der Waals surface area contributed by atoms with Crippen LogP contribution in [0.1, 0.15) is 40.5 Å². The summed E-state index contributed by atoms with van der Waals surface area (Å²) in [7, 11) is 0. The van der Waals surface area contributed by atoms with Gasteiger partial charge in [-0.3, -0.25) is 9.59 Å². The van der Waals surface area contributed by atoms with Gasteiger partial charge in [0.05, 0.1) is 17.0 Å². The van der Waals surface area contributed by atoms with E-state index in [9.17, 15) is 19.1 Å². The molecule has 1 aromatic carbocycles. The van der Waals surface area contributed by atoms with Gasteiger partial charge in [-0.05, 0) is 51.7 Å². The summed E-state index contributed by atoms with van der Waals surface area (Å²) in [6.45, 7) is 7.22. The van der Waals surface area contributed by atoms with Crippen LogP contribution in [0.5, 0.6) is 0 Å². The maximum atomic E-state index is 13.9. The molecule has 0 amide bonds. The number of aliphatic hydroxyl groups is 1. The van der Waals surface area contributed by atoms with Crippen LogP contribution in [0.25, 0.3) is 0 Å². The Bertz CT molecular complexity index is 829. The van der Waals surface area contributed by atoms with E-state index in [1.54, 1.807) is 19.1 Å². The van der Waals surface area contributed by atoms with E-state index in [4.69, 9.17) is 0 Å². The monoisotopic (exact) mass is 357 g/mol. The number of para-hydroxylation sites is 1. The van der Waals surface area contributed by atoms with Gasteiger partial charge < -0.3 is 10.4 Å². The van der Waals surface area contributed by atoms with Crippen molar-refractivity contribution in [2.45, 2.75) is 40.5 Å². The van der Waals surface area contributed by atoms with Gasteiger partial charge in [0.25, 0.3) is 0 Å². The van der Waals surface area contributed by atoms with Gasteiger partial charge in [-0.25, -0.2) is 4.39 Å². The van der Waals surface area contributed by atoms with E-state index in [0.717, 1.165) is 6.42 Å². The van der Waals surface area contributed by atoms with E-state index < -0.39 is 17.4 Å². The SMILES string of the molecule is CC(C)=CCCC(C)C1=C(O)C(Nc2ccccc2F)=C(C)C(=O)C1=O. The number of rotatable bonds is 6. The molecule has 1 atom stereocenters. The highest BCUT2D eigenvalue weighted by Gasteiger charge is 2.35. The number of nitrogens with one attached hydrogen (secondary N) is 1. The lowest BCUT2D eigenvalue weighted by Crippen LogP contribution is -2.30. The molecule has 2 N–H and O–H groups in total. The van der Waals surface area contributed by atoms with Gasteiger partial charge >= 0.3 is 0 Å². The van der Waals surface area contributed by atoms with Gasteiger partial charge in [0.1, 0.15) is 11.6 Å². The Morgan fingerprint density at radius 2 is 1.88 bits per heavy atom. The quantitative estimate of drug-likeness (QED) is 0.433. The van der Waals surface area contributed by atoms with Crippen LogP contribution in [0.2, 0.25) is 0 Å². The van der Waals surface area contributed by atoms with E-state index in [1.807, 2.05) is 19.9 Å². The van der Waals surface area contributed by atoms with Crippen LogP contribution >= 0.6 is 0 Å². The summed E-state index contributed by atoms with van der Waals surface area (Å²) in [6.07, 6.45) is 3.40. The van der Waals surface area contributed by atoms with Crippen molar-refractivity contribution >= 4 is 17.3 Å². The first kappa shape index (κ1) is 19.6. The zero-order valence-electron chi connectivity index (χ0n) is 15.5. The van der Waals surface area contributed by atoms with Crippen LogP contribution < -0.4 is 5.32 Å². The van der Waals surface area contributed by atoms with Crippen molar-refractivity contribution in [3.63, 3.8) is 0 Å². The van der Waals surface area contributed by atoms with E-state index in [0.29, 0.717) is 6.42 Å². The van der Waals surface area contributed by atoms with Gasteiger partial charge in [0.2, 0.25) is 11.6 Å². The number of aliphatic hydroxyl groups excluding tert-OH is 1. The minimum atomic E-state index is -0.691. The molecule has 4 nitrogen and oxygen atoms in total. The first-order chi connectivity index (χ1) is 12.2. The highest BCUT2D eigenvalue weighted by Crippen LogP contribution is 2.32. The Hall–Kier alpha value is -2.69. The van der Waals surface area contributed by atoms with Gasteiger partial charge in [0, 0.05) is 5.57 Å². The highest BCUT2D eigenvalue weighted by atomic mass is 19.1. The summed E-state index contributed by atoms with van der Waals surface area (Å²) in [5, 5.41) is 13.4. The molecule has 0 saturated heterocycles. The number of carbonyl (C=O) groups excluding carboxylic acids is 2. The summed E-state index contributed by atoms with van der Waals surface area (Å²) in [6, 6.07) is 5.96. The van der Waals surface area contributed by atoms with Crippen molar-refractivity contribution in [3.05, 3.63) is 64.3 Å². The number of anilines is 1. The van der Waals surface area contributed by atoms with Crippen molar-refractivity contribution in [3.8, 4) is 0 Å². The van der Waals surface area contributed by atoms with Crippen LogP contribution in [0.15, 0.2) is 58.5 Å². The molecule has 0 bridgehead atoms. The molecule has 0 radical (unpaired) electrons. The lowest BCUT2D eigenvalue weighted by Gasteiger charge is -2.24. The van der Waals surface area contributed by atoms with Gasteiger partial charge in [-0.15, -0.1) is 0 Å². The zero-order chi connectivity index (χ0) is 19.4. The minimum Gasteiger partial charge on any atom is -0.505 e. The molecule has 0 heterocycles. The van der Waals surface area contributed by atoms with E-state index in [-0.39, 0.29) is 34.2 Å².